The Balaban J connectivity index is 2.25. The van der Waals surface area contributed by atoms with Gasteiger partial charge in [0.1, 0.15) is 0 Å². The molecule has 4 nitrogen and oxygen atoms in total. The SMILES string of the molecule is Cc1ccc(S(=O)(=O)N[C@@H](Cc2ccccc2)C(C)(C)O)cc1. The Hall–Kier alpha value is -1.69. The summed E-state index contributed by atoms with van der Waals surface area (Å²) < 4.78 is 27.8. The summed E-state index contributed by atoms with van der Waals surface area (Å²) in [6.45, 7) is 5.12. The smallest absolute Gasteiger partial charge is 0.240 e. The molecule has 0 spiro atoms. The van der Waals surface area contributed by atoms with Crippen molar-refractivity contribution >= 4 is 10.0 Å². The van der Waals surface area contributed by atoms with Gasteiger partial charge in [0.15, 0.2) is 0 Å². The van der Waals surface area contributed by atoms with Crippen LogP contribution in [0.5, 0.6) is 0 Å². The van der Waals surface area contributed by atoms with E-state index in [0.717, 1.165) is 11.1 Å². The number of aryl methyl sites for hydroxylation is 1. The Labute approximate surface area is 138 Å². The minimum atomic E-state index is -3.69. The maximum absolute atomic E-state index is 12.6. The second kappa shape index (κ2) is 6.83. The van der Waals surface area contributed by atoms with Crippen LogP contribution in [0.1, 0.15) is 25.0 Å². The molecule has 0 aliphatic carbocycles. The fourth-order valence-electron chi connectivity index (χ4n) is 2.26. The van der Waals surface area contributed by atoms with Gasteiger partial charge in [0.05, 0.1) is 16.5 Å². The Kier molecular flexibility index (Phi) is 5.24. The molecule has 0 aliphatic rings. The van der Waals surface area contributed by atoms with Crippen LogP contribution in [0, 0.1) is 6.92 Å². The van der Waals surface area contributed by atoms with E-state index in [-0.39, 0.29) is 4.90 Å². The van der Waals surface area contributed by atoms with E-state index in [4.69, 9.17) is 0 Å². The normalized spacial score (nSPS) is 13.7. The van der Waals surface area contributed by atoms with Gasteiger partial charge < -0.3 is 5.11 Å². The average Bonchev–Trinajstić information content (AvgIpc) is 2.47. The van der Waals surface area contributed by atoms with Gasteiger partial charge >= 0.3 is 0 Å². The second-order valence-corrected chi connectivity index (χ2v) is 8.04. The molecule has 0 aliphatic heterocycles. The molecule has 2 aromatic carbocycles. The van der Waals surface area contributed by atoms with Crippen LogP contribution in [-0.2, 0) is 16.4 Å². The van der Waals surface area contributed by atoms with E-state index >= 15 is 0 Å². The molecular weight excluding hydrogens is 310 g/mol. The van der Waals surface area contributed by atoms with Crippen molar-refractivity contribution in [2.45, 2.75) is 43.7 Å². The lowest BCUT2D eigenvalue weighted by Crippen LogP contribution is -2.50. The largest absolute Gasteiger partial charge is 0.389 e. The van der Waals surface area contributed by atoms with Crippen LogP contribution in [0.4, 0.5) is 0 Å². The Bertz CT molecular complexity index is 732. The molecule has 124 valence electrons. The first-order chi connectivity index (χ1) is 10.7. The maximum Gasteiger partial charge on any atom is 0.240 e. The summed E-state index contributed by atoms with van der Waals surface area (Å²) in [5, 5.41) is 10.4. The minimum absolute atomic E-state index is 0.199. The van der Waals surface area contributed by atoms with E-state index in [1.54, 1.807) is 38.1 Å². The molecule has 1 atom stereocenters. The standard InChI is InChI=1S/C18H23NO3S/c1-14-9-11-16(12-10-14)23(21,22)19-17(18(2,3)20)13-15-7-5-4-6-8-15/h4-12,17,19-20H,13H2,1-3H3/t17-/m0/s1. The first kappa shape index (κ1) is 17.7. The van der Waals surface area contributed by atoms with Crippen molar-refractivity contribution in [2.75, 3.05) is 0 Å². The highest BCUT2D eigenvalue weighted by Gasteiger charge is 2.31. The molecule has 2 N–H and O–H groups in total. The first-order valence-electron chi connectivity index (χ1n) is 7.54. The molecule has 5 heteroatoms. The zero-order valence-corrected chi connectivity index (χ0v) is 14.5. The molecule has 0 saturated carbocycles. The van der Waals surface area contributed by atoms with Crippen LogP contribution in [0.2, 0.25) is 0 Å². The summed E-state index contributed by atoms with van der Waals surface area (Å²) >= 11 is 0. The number of aliphatic hydroxyl groups is 1. The minimum Gasteiger partial charge on any atom is -0.389 e. The van der Waals surface area contributed by atoms with Gasteiger partial charge in [-0.2, -0.15) is 0 Å². The highest BCUT2D eigenvalue weighted by atomic mass is 32.2. The highest BCUT2D eigenvalue weighted by molar-refractivity contribution is 7.89. The van der Waals surface area contributed by atoms with Gasteiger partial charge in [-0.05, 0) is 44.9 Å². The topological polar surface area (TPSA) is 66.4 Å². The fourth-order valence-corrected chi connectivity index (χ4v) is 3.63. The predicted octanol–water partition coefficient (Wildman–Crippen LogP) is 2.66. The highest BCUT2D eigenvalue weighted by Crippen LogP contribution is 2.18. The molecule has 2 aromatic rings. The number of sulfonamides is 1. The number of hydrogen-bond donors (Lipinski definition) is 2. The van der Waals surface area contributed by atoms with Crippen molar-refractivity contribution in [2.24, 2.45) is 0 Å². The zero-order chi connectivity index (χ0) is 17.1. The van der Waals surface area contributed by atoms with Crippen LogP contribution < -0.4 is 4.72 Å². The fraction of sp³-hybridized carbons (Fsp3) is 0.333. The summed E-state index contributed by atoms with van der Waals surface area (Å²) in [5.41, 5.74) is 0.770. The predicted molar refractivity (Wildman–Crippen MR) is 91.7 cm³/mol. The lowest BCUT2D eigenvalue weighted by Gasteiger charge is -2.30. The van der Waals surface area contributed by atoms with Crippen LogP contribution in [0.15, 0.2) is 59.5 Å². The van der Waals surface area contributed by atoms with Crippen molar-refractivity contribution in [1.82, 2.24) is 4.72 Å². The summed E-state index contributed by atoms with van der Waals surface area (Å²) in [4.78, 5) is 0.199. The van der Waals surface area contributed by atoms with E-state index in [1.165, 1.54) is 0 Å². The van der Waals surface area contributed by atoms with Gasteiger partial charge in [-0.15, -0.1) is 0 Å². The van der Waals surface area contributed by atoms with Gasteiger partial charge in [-0.1, -0.05) is 48.0 Å². The van der Waals surface area contributed by atoms with Crippen molar-refractivity contribution in [3.05, 3.63) is 65.7 Å². The lowest BCUT2D eigenvalue weighted by atomic mass is 9.93. The monoisotopic (exact) mass is 333 g/mol. The van der Waals surface area contributed by atoms with Crippen LogP contribution in [-0.4, -0.2) is 25.2 Å². The van der Waals surface area contributed by atoms with E-state index in [2.05, 4.69) is 4.72 Å². The molecule has 0 amide bonds. The van der Waals surface area contributed by atoms with Crippen molar-refractivity contribution < 1.29 is 13.5 Å². The van der Waals surface area contributed by atoms with Gasteiger partial charge in [0.2, 0.25) is 10.0 Å². The molecule has 0 aromatic heterocycles. The van der Waals surface area contributed by atoms with E-state index in [0.29, 0.717) is 6.42 Å². The third kappa shape index (κ3) is 4.89. The van der Waals surface area contributed by atoms with Gasteiger partial charge in [-0.3, -0.25) is 0 Å². The summed E-state index contributed by atoms with van der Waals surface area (Å²) in [7, 11) is -3.69. The number of nitrogens with one attached hydrogen (secondary N) is 1. The van der Waals surface area contributed by atoms with Gasteiger partial charge in [0.25, 0.3) is 0 Å². The van der Waals surface area contributed by atoms with E-state index < -0.39 is 21.7 Å². The zero-order valence-electron chi connectivity index (χ0n) is 13.7. The molecule has 0 radical (unpaired) electrons. The molecule has 0 fully saturated rings. The summed E-state index contributed by atoms with van der Waals surface area (Å²) in [5.74, 6) is 0. The molecule has 0 saturated heterocycles. The third-order valence-electron chi connectivity index (χ3n) is 3.76. The van der Waals surface area contributed by atoms with Crippen LogP contribution in [0.3, 0.4) is 0 Å². The lowest BCUT2D eigenvalue weighted by molar-refractivity contribution is 0.0460. The van der Waals surface area contributed by atoms with Crippen molar-refractivity contribution in [1.29, 1.82) is 0 Å². The maximum atomic E-state index is 12.6. The molecule has 0 unspecified atom stereocenters. The average molecular weight is 333 g/mol. The number of benzene rings is 2. The second-order valence-electron chi connectivity index (χ2n) is 6.33. The number of hydrogen-bond acceptors (Lipinski definition) is 3. The quantitative estimate of drug-likeness (QED) is 0.854. The molecule has 0 heterocycles. The van der Waals surface area contributed by atoms with E-state index in [1.807, 2.05) is 37.3 Å². The molecular formula is C18H23NO3S. The van der Waals surface area contributed by atoms with E-state index in [9.17, 15) is 13.5 Å². The third-order valence-corrected chi connectivity index (χ3v) is 5.25. The summed E-state index contributed by atoms with van der Waals surface area (Å²) in [6.07, 6.45) is 0.412. The van der Waals surface area contributed by atoms with Crippen molar-refractivity contribution in [3.8, 4) is 0 Å². The molecule has 23 heavy (non-hydrogen) atoms. The Morgan fingerprint density at radius 1 is 1.04 bits per heavy atom. The number of rotatable bonds is 6. The molecule has 2 rings (SSSR count). The summed E-state index contributed by atoms with van der Waals surface area (Å²) in [6, 6.07) is 15.5. The van der Waals surface area contributed by atoms with Crippen LogP contribution in [0.25, 0.3) is 0 Å². The molecule has 0 bridgehead atoms. The Morgan fingerprint density at radius 3 is 2.13 bits per heavy atom. The Morgan fingerprint density at radius 2 is 1.61 bits per heavy atom. The van der Waals surface area contributed by atoms with Crippen LogP contribution >= 0.6 is 0 Å². The first-order valence-corrected chi connectivity index (χ1v) is 9.02. The van der Waals surface area contributed by atoms with Gasteiger partial charge in [-0.25, -0.2) is 13.1 Å². The van der Waals surface area contributed by atoms with Gasteiger partial charge in [0, 0.05) is 0 Å². The van der Waals surface area contributed by atoms with Crippen molar-refractivity contribution in [3.63, 3.8) is 0 Å².